The average Bonchev–Trinajstić information content (AvgIpc) is 2.18. The summed E-state index contributed by atoms with van der Waals surface area (Å²) in [6.45, 7) is 8.30. The van der Waals surface area contributed by atoms with Crippen molar-refractivity contribution < 1.29 is 9.53 Å². The number of hydrogen-bond acceptors (Lipinski definition) is 3. The maximum Gasteiger partial charge on any atom is 0.248 e. The molecule has 0 saturated carbocycles. The number of carbonyl (C=O) groups excluding carboxylic acids is 1. The lowest BCUT2D eigenvalue weighted by atomic mass is 10.3. The van der Waals surface area contributed by atoms with Crippen LogP contribution in [0.2, 0.25) is 0 Å². The van der Waals surface area contributed by atoms with Crippen LogP contribution in [-0.2, 0) is 9.53 Å². The number of ether oxygens (including phenoxy) is 1. The monoisotopic (exact) mass is 185 g/mol. The standard InChI is InChI=1S/C9H17N2O2/c1-3-10-4-6-11(7-5-10)9(12)8-13-2/h1,3-8H2,2H3. The van der Waals surface area contributed by atoms with E-state index in [2.05, 4.69) is 11.8 Å². The van der Waals surface area contributed by atoms with Crippen LogP contribution in [0.15, 0.2) is 0 Å². The van der Waals surface area contributed by atoms with E-state index >= 15 is 0 Å². The van der Waals surface area contributed by atoms with Crippen LogP contribution in [0, 0.1) is 6.92 Å². The van der Waals surface area contributed by atoms with Crippen molar-refractivity contribution in [3.8, 4) is 0 Å². The minimum atomic E-state index is 0.0891. The van der Waals surface area contributed by atoms with Crippen LogP contribution >= 0.6 is 0 Å². The van der Waals surface area contributed by atoms with Crippen molar-refractivity contribution in [3.63, 3.8) is 0 Å². The Kier molecular flexibility index (Phi) is 4.18. The fourth-order valence-corrected chi connectivity index (χ4v) is 1.44. The van der Waals surface area contributed by atoms with Gasteiger partial charge in [-0.25, -0.2) is 0 Å². The van der Waals surface area contributed by atoms with Gasteiger partial charge in [0.15, 0.2) is 0 Å². The van der Waals surface area contributed by atoms with E-state index in [0.717, 1.165) is 32.7 Å². The molecule has 1 radical (unpaired) electrons. The predicted octanol–water partition coefficient (Wildman–Crippen LogP) is -0.389. The zero-order chi connectivity index (χ0) is 9.68. The average molecular weight is 185 g/mol. The maximum atomic E-state index is 11.4. The first-order chi connectivity index (χ1) is 6.27. The Morgan fingerprint density at radius 3 is 2.46 bits per heavy atom. The first kappa shape index (κ1) is 10.5. The van der Waals surface area contributed by atoms with E-state index in [4.69, 9.17) is 4.74 Å². The molecule has 0 aliphatic carbocycles. The van der Waals surface area contributed by atoms with Gasteiger partial charge in [0.25, 0.3) is 0 Å². The van der Waals surface area contributed by atoms with Gasteiger partial charge in [0.1, 0.15) is 6.61 Å². The van der Waals surface area contributed by atoms with Crippen molar-refractivity contribution in [2.45, 2.75) is 0 Å². The van der Waals surface area contributed by atoms with Crippen LogP contribution in [0.4, 0.5) is 0 Å². The SMILES string of the molecule is [CH2]CN1CCN(C(=O)COC)CC1. The van der Waals surface area contributed by atoms with E-state index in [-0.39, 0.29) is 12.5 Å². The van der Waals surface area contributed by atoms with Crippen LogP contribution in [0.3, 0.4) is 0 Å². The molecule has 0 unspecified atom stereocenters. The second-order valence-electron chi connectivity index (χ2n) is 3.16. The third-order valence-electron chi connectivity index (χ3n) is 2.31. The third-order valence-corrected chi connectivity index (χ3v) is 2.31. The Morgan fingerprint density at radius 1 is 1.38 bits per heavy atom. The summed E-state index contributed by atoms with van der Waals surface area (Å²) < 4.78 is 4.79. The molecule has 13 heavy (non-hydrogen) atoms. The van der Waals surface area contributed by atoms with Crippen molar-refractivity contribution >= 4 is 5.91 Å². The van der Waals surface area contributed by atoms with Crippen molar-refractivity contribution in [2.75, 3.05) is 46.4 Å². The van der Waals surface area contributed by atoms with Crippen LogP contribution in [0.1, 0.15) is 0 Å². The van der Waals surface area contributed by atoms with Crippen molar-refractivity contribution in [1.82, 2.24) is 9.80 Å². The minimum Gasteiger partial charge on any atom is -0.375 e. The lowest BCUT2D eigenvalue weighted by Gasteiger charge is -2.33. The summed E-state index contributed by atoms with van der Waals surface area (Å²) in [5, 5.41) is 0. The molecule has 4 heteroatoms. The molecular weight excluding hydrogens is 168 g/mol. The van der Waals surface area contributed by atoms with Gasteiger partial charge in [-0.15, -0.1) is 0 Å². The molecule has 1 amide bonds. The van der Waals surface area contributed by atoms with Gasteiger partial charge in [-0.3, -0.25) is 9.69 Å². The Hall–Kier alpha value is -0.610. The molecule has 0 aromatic carbocycles. The van der Waals surface area contributed by atoms with Gasteiger partial charge < -0.3 is 9.64 Å². The highest BCUT2D eigenvalue weighted by atomic mass is 16.5. The van der Waals surface area contributed by atoms with Gasteiger partial charge >= 0.3 is 0 Å². The molecule has 1 aliphatic rings. The normalized spacial score (nSPS) is 19.1. The Bertz CT molecular complexity index is 165. The second kappa shape index (κ2) is 5.19. The van der Waals surface area contributed by atoms with E-state index in [9.17, 15) is 4.79 Å². The zero-order valence-corrected chi connectivity index (χ0v) is 8.16. The number of carbonyl (C=O) groups is 1. The van der Waals surface area contributed by atoms with Crippen molar-refractivity contribution in [1.29, 1.82) is 0 Å². The number of nitrogens with zero attached hydrogens (tertiary/aromatic N) is 2. The van der Waals surface area contributed by atoms with Crippen molar-refractivity contribution in [3.05, 3.63) is 6.92 Å². The number of amides is 1. The van der Waals surface area contributed by atoms with Gasteiger partial charge in [0.2, 0.25) is 5.91 Å². The van der Waals surface area contributed by atoms with Crippen LogP contribution in [0.5, 0.6) is 0 Å². The van der Waals surface area contributed by atoms with E-state index in [1.54, 1.807) is 7.11 Å². The van der Waals surface area contributed by atoms with E-state index in [0.29, 0.717) is 0 Å². The lowest BCUT2D eigenvalue weighted by Crippen LogP contribution is -2.49. The van der Waals surface area contributed by atoms with Crippen LogP contribution < -0.4 is 0 Å². The minimum absolute atomic E-state index is 0.0891. The number of methoxy groups -OCH3 is 1. The first-order valence-electron chi connectivity index (χ1n) is 4.56. The summed E-state index contributed by atoms with van der Waals surface area (Å²) in [4.78, 5) is 15.4. The molecule has 1 rings (SSSR count). The Labute approximate surface area is 79.4 Å². The van der Waals surface area contributed by atoms with Crippen LogP contribution in [-0.4, -0.2) is 62.1 Å². The molecule has 0 aromatic rings. The number of hydrogen-bond donors (Lipinski definition) is 0. The van der Waals surface area contributed by atoms with Gasteiger partial charge in [-0.05, 0) is 13.5 Å². The summed E-state index contributed by atoms with van der Waals surface area (Å²) >= 11 is 0. The van der Waals surface area contributed by atoms with Crippen molar-refractivity contribution in [2.24, 2.45) is 0 Å². The molecule has 1 aliphatic heterocycles. The summed E-state index contributed by atoms with van der Waals surface area (Å²) in [6.07, 6.45) is 0. The summed E-state index contributed by atoms with van der Waals surface area (Å²) in [6, 6.07) is 0. The molecule has 0 aromatic heterocycles. The second-order valence-corrected chi connectivity index (χ2v) is 3.16. The summed E-state index contributed by atoms with van der Waals surface area (Å²) in [5.74, 6) is 0.0891. The number of rotatable bonds is 3. The molecule has 1 heterocycles. The third kappa shape index (κ3) is 2.97. The van der Waals surface area contributed by atoms with E-state index < -0.39 is 0 Å². The molecule has 75 valence electrons. The molecule has 0 bridgehead atoms. The lowest BCUT2D eigenvalue weighted by molar-refractivity contribution is -0.136. The zero-order valence-electron chi connectivity index (χ0n) is 8.16. The van der Waals surface area contributed by atoms with Gasteiger partial charge in [-0.1, -0.05) is 0 Å². The largest absolute Gasteiger partial charge is 0.375 e. The molecule has 4 nitrogen and oxygen atoms in total. The highest BCUT2D eigenvalue weighted by Crippen LogP contribution is 2.01. The smallest absolute Gasteiger partial charge is 0.248 e. The molecule has 0 N–H and O–H groups in total. The molecule has 1 fully saturated rings. The molecule has 1 saturated heterocycles. The van der Waals surface area contributed by atoms with Crippen LogP contribution in [0.25, 0.3) is 0 Å². The maximum absolute atomic E-state index is 11.4. The van der Waals surface area contributed by atoms with E-state index in [1.807, 2.05) is 4.90 Å². The first-order valence-corrected chi connectivity index (χ1v) is 4.56. The summed E-state index contributed by atoms with van der Waals surface area (Å²) in [7, 11) is 1.55. The van der Waals surface area contributed by atoms with Gasteiger partial charge in [0.05, 0.1) is 0 Å². The fourth-order valence-electron chi connectivity index (χ4n) is 1.44. The Morgan fingerprint density at radius 2 is 2.00 bits per heavy atom. The highest BCUT2D eigenvalue weighted by molar-refractivity contribution is 5.77. The highest BCUT2D eigenvalue weighted by Gasteiger charge is 2.19. The quantitative estimate of drug-likeness (QED) is 0.600. The molecule has 0 spiro atoms. The topological polar surface area (TPSA) is 32.8 Å². The summed E-state index contributed by atoms with van der Waals surface area (Å²) in [5.41, 5.74) is 0. The van der Waals surface area contributed by atoms with E-state index in [1.165, 1.54) is 0 Å². The predicted molar refractivity (Wildman–Crippen MR) is 50.3 cm³/mol. The van der Waals surface area contributed by atoms with Gasteiger partial charge in [-0.2, -0.15) is 0 Å². The van der Waals surface area contributed by atoms with Gasteiger partial charge in [0, 0.05) is 33.3 Å². The fraction of sp³-hybridized carbons (Fsp3) is 0.778. The number of piperazine rings is 1. The Balaban J connectivity index is 2.28. The molecule has 0 atom stereocenters. The molecular formula is C9H17N2O2.